The zero-order valence-corrected chi connectivity index (χ0v) is 16.3. The van der Waals surface area contributed by atoms with Crippen LogP contribution in [-0.4, -0.2) is 17.0 Å². The van der Waals surface area contributed by atoms with E-state index in [0.29, 0.717) is 22.6 Å². The Hall–Kier alpha value is -3.01. The smallest absolute Gasteiger partial charge is 0.185 e. The van der Waals surface area contributed by atoms with Crippen LogP contribution in [0.2, 0.25) is 0 Å². The highest BCUT2D eigenvalue weighted by Gasteiger charge is 2.22. The van der Waals surface area contributed by atoms with Crippen LogP contribution in [0.25, 0.3) is 6.08 Å². The highest BCUT2D eigenvalue weighted by atomic mass is 16.5. The SMILES string of the molecule is C=CC(C)(C)c1cc(/C=C/C(=O)c2ccc(N)cc2)c(OC(C)C)cc1O. The molecule has 4 nitrogen and oxygen atoms in total. The van der Waals surface area contributed by atoms with Gasteiger partial charge in [0.1, 0.15) is 11.5 Å². The molecule has 0 heterocycles. The minimum atomic E-state index is -0.427. The van der Waals surface area contributed by atoms with Gasteiger partial charge in [0.25, 0.3) is 0 Å². The molecular formula is C23H27NO3. The molecule has 0 bridgehead atoms. The van der Waals surface area contributed by atoms with Crippen LogP contribution in [0.3, 0.4) is 0 Å². The van der Waals surface area contributed by atoms with Crippen LogP contribution in [0.15, 0.2) is 55.1 Å². The summed E-state index contributed by atoms with van der Waals surface area (Å²) in [7, 11) is 0. The quantitative estimate of drug-likeness (QED) is 0.309. The van der Waals surface area contributed by atoms with E-state index in [1.165, 1.54) is 6.08 Å². The second kappa shape index (κ2) is 8.12. The van der Waals surface area contributed by atoms with Crippen molar-refractivity contribution in [2.75, 3.05) is 5.73 Å². The van der Waals surface area contributed by atoms with E-state index in [1.807, 2.05) is 33.8 Å². The minimum Gasteiger partial charge on any atom is -0.507 e. The van der Waals surface area contributed by atoms with E-state index in [-0.39, 0.29) is 17.6 Å². The number of allylic oxidation sites excluding steroid dienone is 2. The molecule has 4 heteroatoms. The summed E-state index contributed by atoms with van der Waals surface area (Å²) in [6.45, 7) is 11.6. The van der Waals surface area contributed by atoms with Crippen molar-refractivity contribution >= 4 is 17.5 Å². The third-order valence-electron chi connectivity index (χ3n) is 4.30. The van der Waals surface area contributed by atoms with Crippen molar-refractivity contribution in [2.45, 2.75) is 39.2 Å². The van der Waals surface area contributed by atoms with Gasteiger partial charge in [0.15, 0.2) is 5.78 Å². The lowest BCUT2D eigenvalue weighted by molar-refractivity contribution is 0.104. The summed E-state index contributed by atoms with van der Waals surface area (Å²) >= 11 is 0. The molecule has 0 radical (unpaired) electrons. The van der Waals surface area contributed by atoms with Gasteiger partial charge in [-0.3, -0.25) is 4.79 Å². The lowest BCUT2D eigenvalue weighted by atomic mass is 9.83. The van der Waals surface area contributed by atoms with Crippen LogP contribution in [0.1, 0.15) is 49.2 Å². The van der Waals surface area contributed by atoms with E-state index in [0.717, 1.165) is 5.56 Å². The molecule has 0 fully saturated rings. The number of ether oxygens (including phenoxy) is 1. The summed E-state index contributed by atoms with van der Waals surface area (Å²) in [5, 5.41) is 10.4. The van der Waals surface area contributed by atoms with Gasteiger partial charge >= 0.3 is 0 Å². The van der Waals surface area contributed by atoms with Gasteiger partial charge in [-0.15, -0.1) is 6.58 Å². The molecular weight excluding hydrogens is 338 g/mol. The third kappa shape index (κ3) is 5.00. The van der Waals surface area contributed by atoms with E-state index in [9.17, 15) is 9.90 Å². The molecule has 27 heavy (non-hydrogen) atoms. The van der Waals surface area contributed by atoms with Crippen LogP contribution in [-0.2, 0) is 5.41 Å². The number of nitrogen functional groups attached to an aromatic ring is 1. The van der Waals surface area contributed by atoms with E-state index in [1.54, 1.807) is 42.5 Å². The summed E-state index contributed by atoms with van der Waals surface area (Å²) in [4.78, 5) is 12.4. The lowest BCUT2D eigenvalue weighted by Gasteiger charge is -2.24. The Morgan fingerprint density at radius 3 is 2.41 bits per heavy atom. The van der Waals surface area contributed by atoms with Crippen molar-refractivity contribution in [2.24, 2.45) is 0 Å². The maximum atomic E-state index is 12.4. The molecule has 0 atom stereocenters. The second-order valence-corrected chi connectivity index (χ2v) is 7.32. The first-order valence-corrected chi connectivity index (χ1v) is 8.89. The van der Waals surface area contributed by atoms with Crippen LogP contribution in [0, 0.1) is 0 Å². The van der Waals surface area contributed by atoms with Gasteiger partial charge < -0.3 is 15.6 Å². The minimum absolute atomic E-state index is 0.0670. The van der Waals surface area contributed by atoms with Gasteiger partial charge in [0.2, 0.25) is 0 Å². The Balaban J connectivity index is 2.45. The molecule has 2 rings (SSSR count). The van der Waals surface area contributed by atoms with Crippen molar-refractivity contribution in [1.29, 1.82) is 0 Å². The van der Waals surface area contributed by atoms with E-state index >= 15 is 0 Å². The fraction of sp³-hybridized carbons (Fsp3) is 0.261. The highest BCUT2D eigenvalue weighted by Crippen LogP contribution is 2.37. The zero-order valence-electron chi connectivity index (χ0n) is 16.3. The summed E-state index contributed by atoms with van der Waals surface area (Å²) in [6, 6.07) is 10.2. The number of benzene rings is 2. The first-order chi connectivity index (χ1) is 12.6. The number of phenolic OH excluding ortho intramolecular Hbond substituents is 1. The number of nitrogens with two attached hydrogens (primary N) is 1. The zero-order chi connectivity index (χ0) is 20.2. The average molecular weight is 365 g/mol. The molecule has 3 N–H and O–H groups in total. The Morgan fingerprint density at radius 1 is 1.22 bits per heavy atom. The maximum Gasteiger partial charge on any atom is 0.185 e. The van der Waals surface area contributed by atoms with Gasteiger partial charge in [-0.05, 0) is 56.3 Å². The molecule has 0 aliphatic carbocycles. The summed E-state index contributed by atoms with van der Waals surface area (Å²) in [6.07, 6.45) is 4.91. The molecule has 2 aromatic carbocycles. The molecule has 0 aliphatic heterocycles. The van der Waals surface area contributed by atoms with Gasteiger partial charge in [-0.25, -0.2) is 0 Å². The number of rotatable bonds is 7. The Labute approximate surface area is 161 Å². The van der Waals surface area contributed by atoms with Crippen LogP contribution < -0.4 is 10.5 Å². The number of ketones is 1. The van der Waals surface area contributed by atoms with Crippen molar-refractivity contribution in [3.8, 4) is 11.5 Å². The highest BCUT2D eigenvalue weighted by molar-refractivity contribution is 6.07. The second-order valence-electron chi connectivity index (χ2n) is 7.32. The van der Waals surface area contributed by atoms with Crippen molar-refractivity contribution in [1.82, 2.24) is 0 Å². The average Bonchev–Trinajstić information content (AvgIpc) is 2.60. The number of carbonyl (C=O) groups excluding carboxylic acids is 1. The normalized spacial score (nSPS) is 11.7. The molecule has 0 saturated heterocycles. The maximum absolute atomic E-state index is 12.4. The van der Waals surface area contributed by atoms with E-state index < -0.39 is 5.41 Å². The first-order valence-electron chi connectivity index (χ1n) is 8.89. The van der Waals surface area contributed by atoms with Gasteiger partial charge in [0, 0.05) is 33.9 Å². The molecule has 0 saturated carbocycles. The third-order valence-corrected chi connectivity index (χ3v) is 4.30. The Bertz CT molecular complexity index is 862. The summed E-state index contributed by atoms with van der Waals surface area (Å²) in [5.41, 5.74) is 7.83. The monoisotopic (exact) mass is 365 g/mol. The molecule has 0 unspecified atom stereocenters. The number of hydrogen-bond acceptors (Lipinski definition) is 4. The van der Waals surface area contributed by atoms with E-state index in [2.05, 4.69) is 6.58 Å². The van der Waals surface area contributed by atoms with Gasteiger partial charge in [-0.1, -0.05) is 19.9 Å². The molecule has 0 amide bonds. The molecule has 142 valence electrons. The molecule has 0 aliphatic rings. The lowest BCUT2D eigenvalue weighted by Crippen LogP contribution is -2.14. The van der Waals surface area contributed by atoms with E-state index in [4.69, 9.17) is 10.5 Å². The number of carbonyl (C=O) groups is 1. The number of phenols is 1. The summed E-state index contributed by atoms with van der Waals surface area (Å²) < 4.78 is 5.82. The van der Waals surface area contributed by atoms with Crippen LogP contribution >= 0.6 is 0 Å². The summed E-state index contributed by atoms with van der Waals surface area (Å²) in [5.74, 6) is 0.521. The number of aromatic hydroxyl groups is 1. The number of hydrogen-bond donors (Lipinski definition) is 2. The topological polar surface area (TPSA) is 72.6 Å². The fourth-order valence-electron chi connectivity index (χ4n) is 2.61. The van der Waals surface area contributed by atoms with Gasteiger partial charge in [0.05, 0.1) is 6.10 Å². The predicted molar refractivity (Wildman–Crippen MR) is 111 cm³/mol. The molecule has 0 aromatic heterocycles. The van der Waals surface area contributed by atoms with Gasteiger partial charge in [-0.2, -0.15) is 0 Å². The Morgan fingerprint density at radius 2 is 1.85 bits per heavy atom. The van der Waals surface area contributed by atoms with Crippen molar-refractivity contribution in [3.05, 3.63) is 71.8 Å². The first kappa shape index (κ1) is 20.3. The van der Waals surface area contributed by atoms with Crippen LogP contribution in [0.5, 0.6) is 11.5 Å². The largest absolute Gasteiger partial charge is 0.507 e. The predicted octanol–water partition coefficient (Wildman–Crippen LogP) is 5.12. The van der Waals surface area contributed by atoms with Crippen molar-refractivity contribution in [3.63, 3.8) is 0 Å². The number of anilines is 1. The molecule has 0 spiro atoms. The standard InChI is InChI=1S/C23H27NO3/c1-6-23(4,5)19-13-17(22(14-21(19)26)27-15(2)3)9-12-20(25)16-7-10-18(24)11-8-16/h6-15,26H,1,24H2,2-5H3/b12-9+. The molecule has 2 aromatic rings. The fourth-order valence-corrected chi connectivity index (χ4v) is 2.61. The Kier molecular flexibility index (Phi) is 6.11. The van der Waals surface area contributed by atoms with Crippen LogP contribution in [0.4, 0.5) is 5.69 Å². The van der Waals surface area contributed by atoms with Crippen molar-refractivity contribution < 1.29 is 14.6 Å².